The summed E-state index contributed by atoms with van der Waals surface area (Å²) in [5.41, 5.74) is 0. The average Bonchev–Trinajstić information content (AvgIpc) is 2.58. The minimum Gasteiger partial charge on any atom is -0.474 e. The fourth-order valence-corrected chi connectivity index (χ4v) is 4.27. The highest BCUT2D eigenvalue weighted by molar-refractivity contribution is 7.89. The molecule has 0 unspecified atom stereocenters. The molecule has 0 spiro atoms. The molecule has 1 saturated carbocycles. The van der Waals surface area contributed by atoms with Crippen LogP contribution in [-0.2, 0) is 10.0 Å². The number of ether oxygens (including phenoxy) is 1. The highest BCUT2D eigenvalue weighted by Gasteiger charge is 2.27. The molecule has 0 atom stereocenters. The van der Waals surface area contributed by atoms with Crippen molar-refractivity contribution in [2.45, 2.75) is 42.7 Å². The van der Waals surface area contributed by atoms with Crippen LogP contribution in [0.4, 0.5) is 4.39 Å². The standard InChI is InChI=1S/C17H18ClFN2O3S/c18-12-4-9-17(20-11-12)24-15-7-5-14(6-8-15)21-25(22,23)16-3-1-2-13(19)10-16/h1-4,9-11,14-15,21H,5-8H2. The number of hydrogen-bond donors (Lipinski definition) is 1. The molecule has 0 aliphatic heterocycles. The highest BCUT2D eigenvalue weighted by atomic mass is 35.5. The summed E-state index contributed by atoms with van der Waals surface area (Å²) in [6, 6.07) is 8.23. The zero-order chi connectivity index (χ0) is 17.9. The first-order valence-electron chi connectivity index (χ1n) is 7.98. The number of sulfonamides is 1. The van der Waals surface area contributed by atoms with Crippen molar-refractivity contribution in [3.8, 4) is 5.88 Å². The molecule has 1 aromatic carbocycles. The van der Waals surface area contributed by atoms with Crippen molar-refractivity contribution in [1.29, 1.82) is 0 Å². The van der Waals surface area contributed by atoms with Gasteiger partial charge in [0.15, 0.2) is 0 Å². The molecule has 2 aromatic rings. The number of benzene rings is 1. The zero-order valence-corrected chi connectivity index (χ0v) is 14.9. The number of nitrogens with zero attached hydrogens (tertiary/aromatic N) is 1. The second-order valence-corrected chi connectivity index (χ2v) is 8.14. The molecule has 8 heteroatoms. The van der Waals surface area contributed by atoms with Gasteiger partial charge in [-0.25, -0.2) is 22.5 Å². The van der Waals surface area contributed by atoms with E-state index < -0.39 is 15.8 Å². The Morgan fingerprint density at radius 3 is 2.56 bits per heavy atom. The van der Waals surface area contributed by atoms with Gasteiger partial charge in [-0.1, -0.05) is 17.7 Å². The van der Waals surface area contributed by atoms with Gasteiger partial charge in [0.25, 0.3) is 0 Å². The van der Waals surface area contributed by atoms with Crippen molar-refractivity contribution in [3.63, 3.8) is 0 Å². The Bertz CT molecular complexity index is 822. The van der Waals surface area contributed by atoms with Gasteiger partial charge in [0, 0.05) is 18.3 Å². The predicted octanol–water partition coefficient (Wildman–Crippen LogP) is 3.54. The van der Waals surface area contributed by atoms with Crippen molar-refractivity contribution in [2.24, 2.45) is 0 Å². The Labute approximate surface area is 151 Å². The summed E-state index contributed by atoms with van der Waals surface area (Å²) in [5, 5.41) is 0.544. The van der Waals surface area contributed by atoms with Gasteiger partial charge >= 0.3 is 0 Å². The molecule has 1 aliphatic carbocycles. The van der Waals surface area contributed by atoms with Crippen LogP contribution in [0.3, 0.4) is 0 Å². The van der Waals surface area contributed by atoms with E-state index in [4.69, 9.17) is 16.3 Å². The largest absolute Gasteiger partial charge is 0.474 e. The topological polar surface area (TPSA) is 68.3 Å². The van der Waals surface area contributed by atoms with Crippen molar-refractivity contribution >= 4 is 21.6 Å². The first kappa shape index (κ1) is 18.1. The molecule has 0 radical (unpaired) electrons. The van der Waals surface area contributed by atoms with E-state index in [1.54, 1.807) is 12.1 Å². The lowest BCUT2D eigenvalue weighted by Crippen LogP contribution is -2.39. The second-order valence-electron chi connectivity index (χ2n) is 5.98. The number of rotatable bonds is 5. The Kier molecular flexibility index (Phi) is 5.56. The predicted molar refractivity (Wildman–Crippen MR) is 92.6 cm³/mol. The normalized spacial score (nSPS) is 21.0. The molecule has 0 bridgehead atoms. The minimum atomic E-state index is -3.72. The third-order valence-electron chi connectivity index (χ3n) is 4.09. The lowest BCUT2D eigenvalue weighted by atomic mass is 9.94. The lowest BCUT2D eigenvalue weighted by molar-refractivity contribution is 0.138. The smallest absolute Gasteiger partial charge is 0.240 e. The molecule has 134 valence electrons. The van der Waals surface area contributed by atoms with Crippen LogP contribution in [-0.4, -0.2) is 25.5 Å². The molecule has 25 heavy (non-hydrogen) atoms. The molecule has 1 heterocycles. The van der Waals surface area contributed by atoms with Crippen LogP contribution in [0.25, 0.3) is 0 Å². The van der Waals surface area contributed by atoms with E-state index in [1.807, 2.05) is 0 Å². The summed E-state index contributed by atoms with van der Waals surface area (Å²) in [4.78, 5) is 4.04. The molecule has 1 aromatic heterocycles. The summed E-state index contributed by atoms with van der Waals surface area (Å²) >= 11 is 5.79. The van der Waals surface area contributed by atoms with Crippen LogP contribution >= 0.6 is 11.6 Å². The van der Waals surface area contributed by atoms with Gasteiger partial charge in [0.2, 0.25) is 15.9 Å². The van der Waals surface area contributed by atoms with Crippen LogP contribution in [0, 0.1) is 5.82 Å². The zero-order valence-electron chi connectivity index (χ0n) is 13.4. The van der Waals surface area contributed by atoms with Crippen LogP contribution < -0.4 is 9.46 Å². The Hall–Kier alpha value is -1.70. The summed E-state index contributed by atoms with van der Waals surface area (Å²) in [6.07, 6.45) is 4.22. The van der Waals surface area contributed by atoms with E-state index in [9.17, 15) is 12.8 Å². The van der Waals surface area contributed by atoms with Gasteiger partial charge in [-0.3, -0.25) is 0 Å². The Balaban J connectivity index is 1.54. The number of aromatic nitrogens is 1. The molecule has 1 N–H and O–H groups in total. The first-order valence-corrected chi connectivity index (χ1v) is 9.84. The lowest BCUT2D eigenvalue weighted by Gasteiger charge is -2.29. The molecular formula is C17H18ClFN2O3S. The number of pyridine rings is 1. The highest BCUT2D eigenvalue weighted by Crippen LogP contribution is 2.24. The van der Waals surface area contributed by atoms with Gasteiger partial charge in [-0.05, 0) is 49.9 Å². The molecule has 3 rings (SSSR count). The van der Waals surface area contributed by atoms with E-state index in [0.717, 1.165) is 6.07 Å². The van der Waals surface area contributed by atoms with Crippen LogP contribution in [0.1, 0.15) is 25.7 Å². The summed E-state index contributed by atoms with van der Waals surface area (Å²) < 4.78 is 46.3. The SMILES string of the molecule is O=S(=O)(NC1CCC(Oc2ccc(Cl)cn2)CC1)c1cccc(F)c1. The van der Waals surface area contributed by atoms with E-state index in [2.05, 4.69) is 9.71 Å². The quantitative estimate of drug-likeness (QED) is 0.856. The van der Waals surface area contributed by atoms with Gasteiger partial charge in [-0.15, -0.1) is 0 Å². The third kappa shape index (κ3) is 4.90. The summed E-state index contributed by atoms with van der Waals surface area (Å²) in [7, 11) is -3.72. The monoisotopic (exact) mass is 384 g/mol. The average molecular weight is 385 g/mol. The van der Waals surface area contributed by atoms with Gasteiger partial charge < -0.3 is 4.74 Å². The Morgan fingerprint density at radius 1 is 1.16 bits per heavy atom. The fourth-order valence-electron chi connectivity index (χ4n) is 2.82. The second kappa shape index (κ2) is 7.68. The number of nitrogens with one attached hydrogen (secondary N) is 1. The summed E-state index contributed by atoms with van der Waals surface area (Å²) in [6.45, 7) is 0. The minimum absolute atomic E-state index is 0.0106. The Morgan fingerprint density at radius 2 is 1.92 bits per heavy atom. The third-order valence-corrected chi connectivity index (χ3v) is 5.83. The fraction of sp³-hybridized carbons (Fsp3) is 0.353. The van der Waals surface area contributed by atoms with Crippen molar-refractivity contribution < 1.29 is 17.5 Å². The van der Waals surface area contributed by atoms with E-state index in [1.165, 1.54) is 24.4 Å². The van der Waals surface area contributed by atoms with Crippen molar-refractivity contribution in [3.05, 3.63) is 53.4 Å². The number of halogens is 2. The number of hydrogen-bond acceptors (Lipinski definition) is 4. The van der Waals surface area contributed by atoms with E-state index >= 15 is 0 Å². The van der Waals surface area contributed by atoms with E-state index in [-0.39, 0.29) is 17.0 Å². The molecule has 0 amide bonds. The maximum Gasteiger partial charge on any atom is 0.240 e. The van der Waals surface area contributed by atoms with Crippen molar-refractivity contribution in [2.75, 3.05) is 0 Å². The van der Waals surface area contributed by atoms with Crippen LogP contribution in [0.2, 0.25) is 5.02 Å². The van der Waals surface area contributed by atoms with E-state index in [0.29, 0.717) is 36.6 Å². The van der Waals surface area contributed by atoms with Crippen molar-refractivity contribution in [1.82, 2.24) is 9.71 Å². The summed E-state index contributed by atoms with van der Waals surface area (Å²) in [5.74, 6) is -0.0661. The van der Waals surface area contributed by atoms with Gasteiger partial charge in [-0.2, -0.15) is 0 Å². The first-order chi connectivity index (χ1) is 11.9. The molecule has 5 nitrogen and oxygen atoms in total. The van der Waals surface area contributed by atoms with Crippen LogP contribution in [0.5, 0.6) is 5.88 Å². The maximum atomic E-state index is 13.2. The molecule has 0 saturated heterocycles. The van der Waals surface area contributed by atoms with Crippen LogP contribution in [0.15, 0.2) is 47.5 Å². The molecule has 1 aliphatic rings. The molecular weight excluding hydrogens is 367 g/mol. The maximum absolute atomic E-state index is 13.2. The van der Waals surface area contributed by atoms with Gasteiger partial charge in [0.1, 0.15) is 11.9 Å². The van der Waals surface area contributed by atoms with Gasteiger partial charge in [0.05, 0.1) is 9.92 Å². The molecule has 1 fully saturated rings.